The Kier molecular flexibility index (Phi) is 3.99. The third-order valence-electron chi connectivity index (χ3n) is 3.17. The summed E-state index contributed by atoms with van der Waals surface area (Å²) in [6.07, 6.45) is 1.58. The van der Waals surface area contributed by atoms with Gasteiger partial charge in [0, 0.05) is 22.4 Å². The molecule has 23 heavy (non-hydrogen) atoms. The highest BCUT2D eigenvalue weighted by molar-refractivity contribution is 9.10. The Morgan fingerprint density at radius 3 is 2.57 bits per heavy atom. The predicted molar refractivity (Wildman–Crippen MR) is 86.1 cm³/mol. The van der Waals surface area contributed by atoms with Gasteiger partial charge in [-0.15, -0.1) is 0 Å². The Morgan fingerprint density at radius 2 is 1.91 bits per heavy atom. The lowest BCUT2D eigenvalue weighted by molar-refractivity contribution is -0.0498. The zero-order chi connectivity index (χ0) is 16.6. The van der Waals surface area contributed by atoms with Gasteiger partial charge < -0.3 is 10.5 Å². The second-order valence-corrected chi connectivity index (χ2v) is 5.58. The van der Waals surface area contributed by atoms with E-state index in [1.54, 1.807) is 12.3 Å². The molecule has 0 bridgehead atoms. The SMILES string of the molecule is Nc1cc(=O)n(-c2ccc(OC(F)F)cc2)c2cc(Br)cnc12. The second kappa shape index (κ2) is 5.96. The molecule has 0 amide bonds. The molecule has 0 atom stereocenters. The molecule has 2 heterocycles. The first kappa shape index (κ1) is 15.4. The minimum absolute atomic E-state index is 0.0101. The van der Waals surface area contributed by atoms with Gasteiger partial charge in [-0.3, -0.25) is 14.3 Å². The monoisotopic (exact) mass is 381 g/mol. The minimum atomic E-state index is -2.90. The van der Waals surface area contributed by atoms with Crippen molar-refractivity contribution in [1.82, 2.24) is 9.55 Å². The van der Waals surface area contributed by atoms with Crippen LogP contribution < -0.4 is 16.0 Å². The lowest BCUT2D eigenvalue weighted by atomic mass is 10.2. The Morgan fingerprint density at radius 1 is 1.22 bits per heavy atom. The third kappa shape index (κ3) is 3.02. The molecule has 0 radical (unpaired) electrons. The van der Waals surface area contributed by atoms with Gasteiger partial charge in [0.25, 0.3) is 5.56 Å². The fraction of sp³-hybridized carbons (Fsp3) is 0.0667. The number of nitrogens with zero attached hydrogens (tertiary/aromatic N) is 2. The molecule has 8 heteroatoms. The van der Waals surface area contributed by atoms with Crippen LogP contribution in [0.2, 0.25) is 0 Å². The van der Waals surface area contributed by atoms with Crippen LogP contribution in [0.1, 0.15) is 0 Å². The van der Waals surface area contributed by atoms with Crippen LogP contribution in [0.3, 0.4) is 0 Å². The fourth-order valence-corrected chi connectivity index (χ4v) is 2.57. The average molecular weight is 382 g/mol. The standard InChI is InChI=1S/C15H10BrF2N3O2/c16-8-5-12-14(20-7-8)11(19)6-13(22)21(12)9-1-3-10(4-2-9)23-15(17)18/h1-7,15H,19H2. The molecule has 118 valence electrons. The first-order valence-corrected chi connectivity index (χ1v) is 7.27. The van der Waals surface area contributed by atoms with Crippen molar-refractivity contribution in [2.45, 2.75) is 6.61 Å². The lowest BCUT2D eigenvalue weighted by Gasteiger charge is -2.12. The summed E-state index contributed by atoms with van der Waals surface area (Å²) in [5.41, 5.74) is 7.23. The van der Waals surface area contributed by atoms with Gasteiger partial charge >= 0.3 is 6.61 Å². The zero-order valence-corrected chi connectivity index (χ0v) is 13.1. The molecule has 0 aliphatic rings. The van der Waals surface area contributed by atoms with E-state index in [-0.39, 0.29) is 17.0 Å². The number of hydrogen-bond donors (Lipinski definition) is 1. The summed E-state index contributed by atoms with van der Waals surface area (Å²) >= 11 is 3.30. The number of benzene rings is 1. The van der Waals surface area contributed by atoms with Crippen molar-refractivity contribution >= 4 is 32.7 Å². The Hall–Kier alpha value is -2.48. The Balaban J connectivity index is 2.19. The minimum Gasteiger partial charge on any atom is -0.435 e. The molecule has 0 aliphatic heterocycles. The van der Waals surface area contributed by atoms with Crippen molar-refractivity contribution < 1.29 is 13.5 Å². The topological polar surface area (TPSA) is 70.1 Å². The normalized spacial score (nSPS) is 11.1. The molecule has 0 saturated heterocycles. The van der Waals surface area contributed by atoms with Crippen molar-refractivity contribution in [3.63, 3.8) is 0 Å². The van der Waals surface area contributed by atoms with E-state index >= 15 is 0 Å². The number of aromatic nitrogens is 2. The van der Waals surface area contributed by atoms with Gasteiger partial charge in [-0.2, -0.15) is 8.78 Å². The van der Waals surface area contributed by atoms with Crippen molar-refractivity contribution in [3.05, 3.63) is 57.4 Å². The average Bonchev–Trinajstić information content (AvgIpc) is 2.48. The van der Waals surface area contributed by atoms with Crippen molar-refractivity contribution in [1.29, 1.82) is 0 Å². The summed E-state index contributed by atoms with van der Waals surface area (Å²) in [6.45, 7) is -2.90. The van der Waals surface area contributed by atoms with E-state index in [2.05, 4.69) is 25.7 Å². The summed E-state index contributed by atoms with van der Waals surface area (Å²) in [4.78, 5) is 16.5. The van der Waals surface area contributed by atoms with E-state index in [1.165, 1.54) is 34.9 Å². The Bertz CT molecular complexity index is 926. The molecule has 0 fully saturated rings. The molecular weight excluding hydrogens is 372 g/mol. The van der Waals surface area contributed by atoms with Gasteiger partial charge in [0.2, 0.25) is 0 Å². The summed E-state index contributed by atoms with van der Waals surface area (Å²) in [6, 6.07) is 8.73. The molecule has 0 saturated carbocycles. The smallest absolute Gasteiger partial charge is 0.387 e. The number of hydrogen-bond acceptors (Lipinski definition) is 4. The molecule has 5 nitrogen and oxygen atoms in total. The third-order valence-corrected chi connectivity index (χ3v) is 3.60. The predicted octanol–water partition coefficient (Wildman–Crippen LogP) is 3.33. The molecule has 2 N–H and O–H groups in total. The maximum absolute atomic E-state index is 12.3. The largest absolute Gasteiger partial charge is 0.435 e. The first-order chi connectivity index (χ1) is 11.0. The molecule has 2 aromatic heterocycles. The van der Waals surface area contributed by atoms with Gasteiger partial charge in [-0.05, 0) is 46.3 Å². The maximum atomic E-state index is 12.3. The number of anilines is 1. The number of nitrogens with two attached hydrogens (primary N) is 1. The van der Waals surface area contributed by atoms with Gasteiger partial charge in [-0.25, -0.2) is 0 Å². The van der Waals surface area contributed by atoms with Crippen LogP contribution in [0, 0.1) is 0 Å². The molecule has 1 aromatic carbocycles. The molecular formula is C15H10BrF2N3O2. The number of pyridine rings is 2. The number of nitrogen functional groups attached to an aromatic ring is 1. The fourth-order valence-electron chi connectivity index (χ4n) is 2.25. The number of ether oxygens (including phenoxy) is 1. The first-order valence-electron chi connectivity index (χ1n) is 6.48. The summed E-state index contributed by atoms with van der Waals surface area (Å²) < 4.78 is 30.8. The number of rotatable bonds is 3. The van der Waals surface area contributed by atoms with Crippen LogP contribution in [0.25, 0.3) is 16.7 Å². The molecule has 0 aliphatic carbocycles. The number of fused-ring (bicyclic) bond motifs is 1. The summed E-state index contributed by atoms with van der Waals surface area (Å²) in [5.74, 6) is 0.0101. The van der Waals surface area contributed by atoms with Crippen LogP contribution >= 0.6 is 15.9 Å². The summed E-state index contributed by atoms with van der Waals surface area (Å²) in [7, 11) is 0. The molecule has 3 rings (SSSR count). The molecule has 0 unspecified atom stereocenters. The molecule has 0 spiro atoms. The van der Waals surface area contributed by atoms with Crippen LogP contribution in [0.15, 0.2) is 51.9 Å². The number of halogens is 3. The van der Waals surface area contributed by atoms with Gasteiger partial charge in [0.1, 0.15) is 11.3 Å². The van der Waals surface area contributed by atoms with E-state index in [0.717, 1.165) is 0 Å². The van der Waals surface area contributed by atoms with Crippen LogP contribution in [0.5, 0.6) is 5.75 Å². The van der Waals surface area contributed by atoms with E-state index in [0.29, 0.717) is 21.2 Å². The highest BCUT2D eigenvalue weighted by Gasteiger charge is 2.11. The highest BCUT2D eigenvalue weighted by Crippen LogP contribution is 2.24. The summed E-state index contributed by atoms with van der Waals surface area (Å²) in [5, 5.41) is 0. The van der Waals surface area contributed by atoms with E-state index in [1.807, 2.05) is 0 Å². The van der Waals surface area contributed by atoms with Crippen molar-refractivity contribution in [3.8, 4) is 11.4 Å². The van der Waals surface area contributed by atoms with Crippen LogP contribution in [-0.4, -0.2) is 16.2 Å². The van der Waals surface area contributed by atoms with Crippen molar-refractivity contribution in [2.24, 2.45) is 0 Å². The maximum Gasteiger partial charge on any atom is 0.387 e. The van der Waals surface area contributed by atoms with Gasteiger partial charge in [0.15, 0.2) is 0 Å². The van der Waals surface area contributed by atoms with Crippen LogP contribution in [0.4, 0.5) is 14.5 Å². The van der Waals surface area contributed by atoms with E-state index in [4.69, 9.17) is 5.73 Å². The Labute approximate surface area is 137 Å². The molecule has 3 aromatic rings. The van der Waals surface area contributed by atoms with Gasteiger partial charge in [0.05, 0.1) is 11.2 Å². The lowest BCUT2D eigenvalue weighted by Crippen LogP contribution is -2.19. The quantitative estimate of drug-likeness (QED) is 0.755. The second-order valence-electron chi connectivity index (χ2n) is 4.67. The van der Waals surface area contributed by atoms with Crippen molar-refractivity contribution in [2.75, 3.05) is 5.73 Å². The number of alkyl halides is 2. The van der Waals surface area contributed by atoms with Crippen LogP contribution in [-0.2, 0) is 0 Å². The highest BCUT2D eigenvalue weighted by atomic mass is 79.9. The van der Waals surface area contributed by atoms with E-state index < -0.39 is 6.61 Å². The zero-order valence-electron chi connectivity index (χ0n) is 11.5. The van der Waals surface area contributed by atoms with E-state index in [9.17, 15) is 13.6 Å². The van der Waals surface area contributed by atoms with Gasteiger partial charge in [-0.1, -0.05) is 0 Å².